The van der Waals surface area contributed by atoms with Crippen molar-refractivity contribution in [2.45, 2.75) is 57.5 Å². The van der Waals surface area contributed by atoms with Gasteiger partial charge >= 0.3 is 5.97 Å². The van der Waals surface area contributed by atoms with Crippen LogP contribution in [0.5, 0.6) is 0 Å². The van der Waals surface area contributed by atoms with Gasteiger partial charge in [0.2, 0.25) is 5.91 Å². The third-order valence-corrected chi connectivity index (χ3v) is 4.65. The number of nitrogens with two attached hydrogens (primary N) is 1. The van der Waals surface area contributed by atoms with Gasteiger partial charge in [0.1, 0.15) is 6.04 Å². The number of carbonyl (C=O) groups excluding carboxylic acids is 1. The van der Waals surface area contributed by atoms with Crippen LogP contribution in [0, 0.1) is 11.8 Å². The maximum absolute atomic E-state index is 12.5. The largest absolute Gasteiger partial charge is 0.480 e. The van der Waals surface area contributed by atoms with Crippen LogP contribution in [0.25, 0.3) is 0 Å². The monoisotopic (exact) mass is 268 g/mol. The Morgan fingerprint density at radius 2 is 2.05 bits per heavy atom. The summed E-state index contributed by atoms with van der Waals surface area (Å²) < 4.78 is 0. The summed E-state index contributed by atoms with van der Waals surface area (Å²) in [7, 11) is 0. The molecule has 4 unspecified atom stereocenters. The van der Waals surface area contributed by atoms with Crippen LogP contribution in [-0.4, -0.2) is 40.5 Å². The molecule has 2 fully saturated rings. The van der Waals surface area contributed by atoms with Crippen molar-refractivity contribution in [3.63, 3.8) is 0 Å². The predicted octanol–water partition coefficient (Wildman–Crippen LogP) is 1.22. The van der Waals surface area contributed by atoms with Crippen molar-refractivity contribution in [3.8, 4) is 0 Å². The quantitative estimate of drug-likeness (QED) is 0.803. The second-order valence-electron chi connectivity index (χ2n) is 5.93. The summed E-state index contributed by atoms with van der Waals surface area (Å²) in [6.45, 7) is 2.32. The predicted molar refractivity (Wildman–Crippen MR) is 71.5 cm³/mol. The van der Waals surface area contributed by atoms with Crippen molar-refractivity contribution in [2.75, 3.05) is 6.54 Å². The first-order valence-corrected chi connectivity index (χ1v) is 7.31. The van der Waals surface area contributed by atoms with Gasteiger partial charge in [-0.25, -0.2) is 4.79 Å². The van der Waals surface area contributed by atoms with E-state index in [2.05, 4.69) is 0 Å². The molecule has 2 rings (SSSR count). The number of fused-ring (bicyclic) bond motifs is 1. The van der Waals surface area contributed by atoms with E-state index in [4.69, 9.17) is 5.73 Å². The Morgan fingerprint density at radius 1 is 1.37 bits per heavy atom. The molecule has 108 valence electrons. The summed E-state index contributed by atoms with van der Waals surface area (Å²) in [5.74, 6) is -0.675. The number of aliphatic carboxylic acids is 1. The topological polar surface area (TPSA) is 83.6 Å². The normalized spacial score (nSPS) is 31.9. The molecule has 0 radical (unpaired) electrons. The van der Waals surface area contributed by atoms with Crippen LogP contribution in [-0.2, 0) is 9.59 Å². The van der Waals surface area contributed by atoms with E-state index in [0.29, 0.717) is 25.3 Å². The molecule has 0 aromatic rings. The van der Waals surface area contributed by atoms with Crippen LogP contribution in [0.4, 0.5) is 0 Å². The lowest BCUT2D eigenvalue weighted by Crippen LogP contribution is -2.48. The molecule has 19 heavy (non-hydrogen) atoms. The molecule has 2 aliphatic rings. The lowest BCUT2D eigenvalue weighted by molar-refractivity contribution is -0.151. The maximum Gasteiger partial charge on any atom is 0.326 e. The van der Waals surface area contributed by atoms with E-state index in [1.807, 2.05) is 6.92 Å². The van der Waals surface area contributed by atoms with Crippen LogP contribution in [0.15, 0.2) is 0 Å². The second kappa shape index (κ2) is 5.90. The molecule has 0 aromatic heterocycles. The zero-order valence-corrected chi connectivity index (χ0v) is 11.5. The van der Waals surface area contributed by atoms with E-state index < -0.39 is 12.0 Å². The highest BCUT2D eigenvalue weighted by Crippen LogP contribution is 2.40. The van der Waals surface area contributed by atoms with Crippen LogP contribution in [0.2, 0.25) is 0 Å². The molecule has 5 heteroatoms. The van der Waals surface area contributed by atoms with Crippen molar-refractivity contribution in [1.29, 1.82) is 0 Å². The van der Waals surface area contributed by atoms with Crippen molar-refractivity contribution < 1.29 is 14.7 Å². The summed E-state index contributed by atoms with van der Waals surface area (Å²) >= 11 is 0. The molecular formula is C14H24N2O3. The van der Waals surface area contributed by atoms with Gasteiger partial charge in [0.05, 0.1) is 0 Å². The smallest absolute Gasteiger partial charge is 0.326 e. The Labute approximate surface area is 114 Å². The fourth-order valence-electron chi connectivity index (χ4n) is 3.63. The Kier molecular flexibility index (Phi) is 4.45. The van der Waals surface area contributed by atoms with E-state index >= 15 is 0 Å². The number of likely N-dealkylation sites (tertiary alicyclic amines) is 1. The number of amides is 1. The zero-order chi connectivity index (χ0) is 14.0. The summed E-state index contributed by atoms with van der Waals surface area (Å²) in [5, 5.41) is 9.37. The average Bonchev–Trinajstić information content (AvgIpc) is 2.77. The summed E-state index contributed by atoms with van der Waals surface area (Å²) in [6, 6.07) is -0.483. The van der Waals surface area contributed by atoms with Gasteiger partial charge in [-0.05, 0) is 38.1 Å². The molecule has 4 atom stereocenters. The summed E-state index contributed by atoms with van der Waals surface area (Å²) in [5.41, 5.74) is 5.51. The van der Waals surface area contributed by atoms with Gasteiger partial charge in [0, 0.05) is 12.0 Å². The maximum atomic E-state index is 12.5. The number of hydrogen-bond acceptors (Lipinski definition) is 3. The molecule has 5 nitrogen and oxygen atoms in total. The molecular weight excluding hydrogens is 244 g/mol. The Bertz CT molecular complexity index is 359. The van der Waals surface area contributed by atoms with Gasteiger partial charge in [-0.3, -0.25) is 4.79 Å². The van der Waals surface area contributed by atoms with E-state index in [-0.39, 0.29) is 17.9 Å². The molecule has 0 bridgehead atoms. The lowest BCUT2D eigenvalue weighted by atomic mass is 9.84. The number of rotatable bonds is 4. The molecule has 0 spiro atoms. The SMILES string of the molecule is CC(CCN)C(=O)N1C(C(=O)O)CC2CCCCC21. The van der Waals surface area contributed by atoms with E-state index in [0.717, 1.165) is 25.7 Å². The van der Waals surface area contributed by atoms with Gasteiger partial charge in [-0.1, -0.05) is 19.8 Å². The highest BCUT2D eigenvalue weighted by atomic mass is 16.4. The first kappa shape index (κ1) is 14.3. The number of hydrogen-bond donors (Lipinski definition) is 2. The molecule has 1 heterocycles. The number of nitrogens with zero attached hydrogens (tertiary/aromatic N) is 1. The molecule has 1 saturated carbocycles. The fourth-order valence-corrected chi connectivity index (χ4v) is 3.63. The minimum Gasteiger partial charge on any atom is -0.480 e. The van der Waals surface area contributed by atoms with Crippen molar-refractivity contribution in [2.24, 2.45) is 17.6 Å². The molecule has 3 N–H and O–H groups in total. The summed E-state index contributed by atoms with van der Waals surface area (Å²) in [6.07, 6.45) is 5.52. The highest BCUT2D eigenvalue weighted by Gasteiger charge is 2.48. The van der Waals surface area contributed by atoms with Gasteiger partial charge in [0.25, 0.3) is 0 Å². The van der Waals surface area contributed by atoms with E-state index in [1.165, 1.54) is 0 Å². The van der Waals surface area contributed by atoms with Crippen LogP contribution in [0.1, 0.15) is 45.4 Å². The molecule has 1 aliphatic heterocycles. The average molecular weight is 268 g/mol. The second-order valence-corrected chi connectivity index (χ2v) is 5.93. The minimum atomic E-state index is -0.859. The lowest BCUT2D eigenvalue weighted by Gasteiger charge is -2.34. The third kappa shape index (κ3) is 2.76. The molecule has 0 aromatic carbocycles. The molecule has 1 amide bonds. The Hall–Kier alpha value is -1.10. The number of carbonyl (C=O) groups is 2. The Morgan fingerprint density at radius 3 is 2.68 bits per heavy atom. The molecule has 1 saturated heterocycles. The zero-order valence-electron chi connectivity index (χ0n) is 11.5. The van der Waals surface area contributed by atoms with Gasteiger partial charge in [-0.2, -0.15) is 0 Å². The standard InChI is InChI=1S/C14H24N2O3/c1-9(6-7-15)13(17)16-11-5-3-2-4-10(11)8-12(16)14(18)19/h9-12H,2-8,15H2,1H3,(H,18,19). The van der Waals surface area contributed by atoms with E-state index in [1.54, 1.807) is 4.90 Å². The van der Waals surface area contributed by atoms with Crippen LogP contribution >= 0.6 is 0 Å². The van der Waals surface area contributed by atoms with Crippen molar-refractivity contribution in [3.05, 3.63) is 0 Å². The van der Waals surface area contributed by atoms with E-state index in [9.17, 15) is 14.7 Å². The highest BCUT2D eigenvalue weighted by molar-refractivity contribution is 5.86. The first-order valence-electron chi connectivity index (χ1n) is 7.31. The molecule has 1 aliphatic carbocycles. The summed E-state index contributed by atoms with van der Waals surface area (Å²) in [4.78, 5) is 25.6. The fraction of sp³-hybridized carbons (Fsp3) is 0.857. The van der Waals surface area contributed by atoms with Gasteiger partial charge < -0.3 is 15.7 Å². The first-order chi connectivity index (χ1) is 9.06. The van der Waals surface area contributed by atoms with Gasteiger partial charge in [-0.15, -0.1) is 0 Å². The number of carboxylic acid groups (broad SMARTS) is 1. The van der Waals surface area contributed by atoms with Gasteiger partial charge in [0.15, 0.2) is 0 Å². The van der Waals surface area contributed by atoms with Crippen molar-refractivity contribution in [1.82, 2.24) is 4.90 Å². The third-order valence-electron chi connectivity index (χ3n) is 4.65. The Balaban J connectivity index is 2.17. The number of carboxylic acids is 1. The van der Waals surface area contributed by atoms with Crippen molar-refractivity contribution >= 4 is 11.9 Å². The van der Waals surface area contributed by atoms with Crippen LogP contribution < -0.4 is 5.73 Å². The minimum absolute atomic E-state index is 0.0211. The van der Waals surface area contributed by atoms with Crippen LogP contribution in [0.3, 0.4) is 0 Å².